The van der Waals surface area contributed by atoms with Gasteiger partial charge >= 0.3 is 11.9 Å². The third-order valence-electron chi connectivity index (χ3n) is 15.5. The molecule has 2 unspecified atom stereocenters. The van der Waals surface area contributed by atoms with Crippen LogP contribution in [-0.4, -0.2) is 238 Å². The fraction of sp³-hybridized carbons (Fsp3) is 0.516. The molecule has 1 aliphatic rings. The van der Waals surface area contributed by atoms with E-state index < -0.39 is 51.9 Å². The number of rotatable bonds is 39. The molecule has 2 aromatic heterocycles. The Labute approximate surface area is 557 Å². The van der Waals surface area contributed by atoms with Crippen LogP contribution in [0.4, 0.5) is 5.95 Å². The highest BCUT2D eigenvalue weighted by atomic mass is 32.2. The van der Waals surface area contributed by atoms with Crippen molar-refractivity contribution in [3.05, 3.63) is 118 Å². The summed E-state index contributed by atoms with van der Waals surface area (Å²) in [5, 5.41) is 34.1. The number of hydrogen-bond acceptors (Lipinski definition) is 20. The Bertz CT molecular complexity index is 3430. The van der Waals surface area contributed by atoms with E-state index in [-0.39, 0.29) is 77.2 Å². The number of fused-ring (bicyclic) bond motifs is 1. The lowest BCUT2D eigenvalue weighted by Crippen LogP contribution is -2.52. The molecule has 0 bridgehead atoms. The van der Waals surface area contributed by atoms with Crippen molar-refractivity contribution in [2.75, 3.05) is 143 Å². The van der Waals surface area contributed by atoms with Gasteiger partial charge in [-0.2, -0.15) is 4.72 Å². The number of likely N-dealkylation sites (N-methyl/N-ethyl adjacent to an activating group) is 1. The van der Waals surface area contributed by atoms with Gasteiger partial charge in [0.05, 0.1) is 66.0 Å². The first-order chi connectivity index (χ1) is 45.6. The lowest BCUT2D eigenvalue weighted by atomic mass is 10.0. The topological polar surface area (TPSA) is 359 Å². The van der Waals surface area contributed by atoms with E-state index in [1.807, 2.05) is 21.9 Å². The van der Waals surface area contributed by atoms with Gasteiger partial charge in [0.15, 0.2) is 5.95 Å². The summed E-state index contributed by atoms with van der Waals surface area (Å²) in [6.45, 7) is 13.0. The number of anilines is 1. The largest absolute Gasteiger partial charge is 0.494 e. The third-order valence-corrected chi connectivity index (χ3v) is 17.6. The zero-order valence-corrected chi connectivity index (χ0v) is 56.5. The van der Waals surface area contributed by atoms with Crippen LogP contribution < -0.4 is 46.0 Å². The molecular formula is C64H92N13O16PS. The lowest BCUT2D eigenvalue weighted by molar-refractivity contribution is -0.139. The summed E-state index contributed by atoms with van der Waals surface area (Å²) in [4.78, 5) is 105. The first kappa shape index (κ1) is 76.4. The third kappa shape index (κ3) is 26.5. The maximum absolute atomic E-state index is 13.7. The van der Waals surface area contributed by atoms with Crippen molar-refractivity contribution in [1.29, 1.82) is 0 Å². The molecule has 520 valence electrons. The summed E-state index contributed by atoms with van der Waals surface area (Å²) in [6, 6.07) is 12.7. The zero-order chi connectivity index (χ0) is 68.7. The number of carboxylic acid groups (broad SMARTS) is 2. The van der Waals surface area contributed by atoms with Gasteiger partial charge in [-0.25, -0.2) is 13.4 Å². The number of benzene rings is 3. The van der Waals surface area contributed by atoms with Crippen LogP contribution in [0.3, 0.4) is 0 Å². The van der Waals surface area contributed by atoms with Gasteiger partial charge in [-0.15, -0.1) is 0 Å². The number of aryl methyl sites for hydroxylation is 3. The second-order valence-corrected chi connectivity index (χ2v) is 24.8. The molecule has 3 atom stereocenters. The molecule has 29 nitrogen and oxygen atoms in total. The van der Waals surface area contributed by atoms with Crippen LogP contribution in [0, 0.1) is 20.9 Å². The summed E-state index contributed by atoms with van der Waals surface area (Å²) in [7, 11) is 5.59. The fourth-order valence-corrected chi connectivity index (χ4v) is 12.2. The minimum atomic E-state index is -4.46. The molecule has 2 radical (unpaired) electrons. The van der Waals surface area contributed by atoms with E-state index in [4.69, 9.17) is 30.5 Å². The summed E-state index contributed by atoms with van der Waals surface area (Å²) in [5.74, 6) is -2.67. The smallest absolute Gasteiger partial charge is 0.323 e. The van der Waals surface area contributed by atoms with Crippen molar-refractivity contribution < 1.29 is 70.9 Å². The standard InChI is InChI=1S/C64H92N13O16PS/c1-6-75-23-21-73(4)22-24-77(44-58(80)81)28-27-76(26-25-75)43-57(79)71-53(38-47-11-14-49(93-94)15-12-47)62(84)66-18-9-30-90-33-35-91-34-32-89-29-8-17-65-56(78)10-7-31-92-50-36-45(2)60(46(3)37-50)95(87,88)72-54(63(85)86)41-69-61(83)52-42-74(5)55-39-48(13-16-51(55)59(52)82)40-70-64-67-19-20-68-64/h4,11-16,19-20,36-37,39,42,53-54,72H,6-10,17-18,21-35,38,40-41,43-44,94H2,1-3,5H3,(H,65,78)(H,66,84)(H,69,83)(H,71,79)(H,80,81)(H,85,86)(H2,67,68,70)/t53-,54?/m1/s1. The van der Waals surface area contributed by atoms with E-state index in [1.165, 1.54) is 32.2 Å². The van der Waals surface area contributed by atoms with E-state index in [2.05, 4.69) is 62.6 Å². The minimum absolute atomic E-state index is 0.0212. The van der Waals surface area contributed by atoms with Gasteiger partial charge < -0.3 is 74.7 Å². The maximum atomic E-state index is 13.7. The van der Waals surface area contributed by atoms with E-state index >= 15 is 0 Å². The maximum Gasteiger partial charge on any atom is 0.323 e. The highest BCUT2D eigenvalue weighted by Gasteiger charge is 2.30. The number of hydrogen-bond donors (Lipinski definition) is 9. The van der Waals surface area contributed by atoms with Crippen molar-refractivity contribution >= 4 is 71.9 Å². The number of sulfonamides is 1. The normalized spacial score (nSPS) is 14.6. The van der Waals surface area contributed by atoms with Crippen LogP contribution in [0.5, 0.6) is 11.5 Å². The van der Waals surface area contributed by atoms with E-state index in [0.29, 0.717) is 147 Å². The number of carbonyl (C=O) groups is 6. The highest BCUT2D eigenvalue weighted by molar-refractivity contribution is 7.89. The molecule has 1 saturated heterocycles. The van der Waals surface area contributed by atoms with Gasteiger partial charge in [0, 0.05) is 143 Å². The van der Waals surface area contributed by atoms with Crippen LogP contribution in [0.25, 0.3) is 10.9 Å². The van der Waals surface area contributed by atoms with Crippen molar-refractivity contribution in [1.82, 2.24) is 60.1 Å². The Morgan fingerprint density at radius 3 is 1.96 bits per heavy atom. The number of aromatic amines is 1. The Kier molecular flexibility index (Phi) is 32.2. The van der Waals surface area contributed by atoms with Crippen LogP contribution in [-0.2, 0) is 68.2 Å². The summed E-state index contributed by atoms with van der Waals surface area (Å²) in [6.07, 6.45) is 6.50. The average Bonchev–Trinajstić information content (AvgIpc) is 0.933. The average molecular weight is 1360 g/mol. The number of carbonyl (C=O) groups excluding carboxylic acids is 4. The first-order valence-electron chi connectivity index (χ1n) is 31.7. The Hall–Kier alpha value is -7.64. The number of pyridine rings is 1. The molecule has 0 saturated carbocycles. The number of aliphatic carboxylic acids is 2. The summed E-state index contributed by atoms with van der Waals surface area (Å²) >= 11 is 0. The van der Waals surface area contributed by atoms with Gasteiger partial charge in [-0.05, 0) is 98.3 Å². The predicted octanol–water partition coefficient (Wildman–Crippen LogP) is 1.76. The number of ether oxygens (including phenoxy) is 4. The molecule has 1 fully saturated rings. The van der Waals surface area contributed by atoms with Gasteiger partial charge in [0.1, 0.15) is 29.1 Å². The van der Waals surface area contributed by atoms with Crippen LogP contribution in [0.2, 0.25) is 0 Å². The van der Waals surface area contributed by atoms with Crippen molar-refractivity contribution in [2.45, 2.75) is 76.4 Å². The number of imidazole rings is 1. The predicted molar refractivity (Wildman–Crippen MR) is 358 cm³/mol. The molecule has 4 amide bonds. The fourth-order valence-electron chi connectivity index (χ4n) is 10.4. The van der Waals surface area contributed by atoms with E-state index in [0.717, 1.165) is 24.2 Å². The number of carboxylic acids is 2. The molecular weight excluding hydrogens is 1270 g/mol. The molecule has 9 N–H and O–H groups in total. The number of nitrogens with one attached hydrogen (secondary N) is 7. The highest BCUT2D eigenvalue weighted by Crippen LogP contribution is 2.27. The molecule has 3 heterocycles. The second kappa shape index (κ2) is 40.0. The van der Waals surface area contributed by atoms with Gasteiger partial charge in [-0.3, -0.25) is 48.3 Å². The number of nitrogens with zero attached hydrogens (tertiary/aromatic N) is 6. The quantitative estimate of drug-likeness (QED) is 0.0200. The molecule has 31 heteroatoms. The number of H-pyrrole nitrogens is 1. The van der Waals surface area contributed by atoms with Crippen molar-refractivity contribution in [3.63, 3.8) is 0 Å². The monoisotopic (exact) mass is 1360 g/mol. The summed E-state index contributed by atoms with van der Waals surface area (Å²) < 4.78 is 59.1. The van der Waals surface area contributed by atoms with Crippen LogP contribution in [0.1, 0.15) is 65.2 Å². The molecule has 6 rings (SSSR count). The molecule has 3 aromatic carbocycles. The molecule has 1 aliphatic heterocycles. The second-order valence-electron chi connectivity index (χ2n) is 22.9. The molecule has 0 aliphatic carbocycles. The Morgan fingerprint density at radius 1 is 0.726 bits per heavy atom. The van der Waals surface area contributed by atoms with Crippen LogP contribution in [0.15, 0.2) is 82.9 Å². The zero-order valence-electron chi connectivity index (χ0n) is 54.5. The SMILES string of the molecule is [CH]N1CCN(CC)CCN(CC(=O)N[C@H](Cc2ccc(OP)cc2)C(=O)NCCCOCCOCCOCCCNC(=O)CCCOc2cc(C)c(S(=O)(=O)NC(CNC(=O)c3cn(C)c4cc(CNc5ncc[nH]5)ccc4c3=O)C(=O)O)c(C)c2)CCN(CC(=O)O)CC1. The molecule has 95 heavy (non-hydrogen) atoms. The van der Waals surface area contributed by atoms with Gasteiger partial charge in [-0.1, -0.05) is 25.1 Å². The van der Waals surface area contributed by atoms with E-state index in [1.54, 1.807) is 59.2 Å². The van der Waals surface area contributed by atoms with Gasteiger partial charge in [0.2, 0.25) is 33.2 Å². The van der Waals surface area contributed by atoms with Gasteiger partial charge in [0.25, 0.3) is 5.91 Å². The molecule has 0 spiro atoms. The number of aromatic nitrogens is 3. The summed E-state index contributed by atoms with van der Waals surface area (Å²) in [5.41, 5.74) is 1.92. The Balaban J connectivity index is 0.811. The Morgan fingerprint density at radius 2 is 1.34 bits per heavy atom. The van der Waals surface area contributed by atoms with Crippen molar-refractivity contribution in [2.24, 2.45) is 7.05 Å². The van der Waals surface area contributed by atoms with E-state index in [9.17, 15) is 52.2 Å². The van der Waals surface area contributed by atoms with Crippen LogP contribution >= 0.6 is 9.47 Å². The lowest BCUT2D eigenvalue weighted by Gasteiger charge is -2.32. The minimum Gasteiger partial charge on any atom is -0.494 e. The van der Waals surface area contributed by atoms with Crippen molar-refractivity contribution in [3.8, 4) is 11.5 Å². The molecule has 5 aromatic rings. The number of amides is 4. The first-order valence-corrected chi connectivity index (χ1v) is 33.6.